The monoisotopic (exact) mass is 458 g/mol. The fourth-order valence-electron chi connectivity index (χ4n) is 3.33. The van der Waals surface area contributed by atoms with Crippen LogP contribution in [0.1, 0.15) is 46.5 Å². The summed E-state index contributed by atoms with van der Waals surface area (Å²) >= 11 is 6.83. The molecule has 5 nitrogen and oxygen atoms in total. The Hall–Kier alpha value is -2.33. The van der Waals surface area contributed by atoms with Crippen molar-refractivity contribution in [2.45, 2.75) is 44.9 Å². The lowest BCUT2D eigenvalue weighted by atomic mass is 9.96. The molecular formula is C20H21F3N2O3S2. The van der Waals surface area contributed by atoms with Crippen molar-refractivity contribution in [3.63, 3.8) is 0 Å². The van der Waals surface area contributed by atoms with Crippen LogP contribution in [0.2, 0.25) is 0 Å². The highest BCUT2D eigenvalue weighted by molar-refractivity contribution is 7.80. The van der Waals surface area contributed by atoms with E-state index in [0.29, 0.717) is 16.3 Å². The zero-order valence-corrected chi connectivity index (χ0v) is 17.9. The third kappa shape index (κ3) is 5.85. The number of halogens is 3. The minimum Gasteiger partial charge on any atom is -0.465 e. The smallest absolute Gasteiger partial charge is 0.465 e. The van der Waals surface area contributed by atoms with Crippen molar-refractivity contribution in [3.8, 4) is 5.75 Å². The Morgan fingerprint density at radius 3 is 2.37 bits per heavy atom. The summed E-state index contributed by atoms with van der Waals surface area (Å²) in [4.78, 5) is 13.6. The zero-order chi connectivity index (χ0) is 21.7. The van der Waals surface area contributed by atoms with Crippen LogP contribution < -0.4 is 15.4 Å². The molecule has 0 saturated heterocycles. The van der Waals surface area contributed by atoms with E-state index in [1.807, 2.05) is 0 Å². The number of esters is 1. The molecule has 1 aliphatic rings. The van der Waals surface area contributed by atoms with Crippen LogP contribution >= 0.6 is 23.6 Å². The Morgan fingerprint density at radius 1 is 1.07 bits per heavy atom. The van der Waals surface area contributed by atoms with Gasteiger partial charge in [0.25, 0.3) is 0 Å². The molecule has 2 N–H and O–H groups in total. The molecule has 1 heterocycles. The van der Waals surface area contributed by atoms with E-state index in [1.54, 1.807) is 0 Å². The van der Waals surface area contributed by atoms with Gasteiger partial charge in [-0.25, -0.2) is 4.79 Å². The molecule has 0 fully saturated rings. The molecule has 162 valence electrons. The number of nitrogens with one attached hydrogen (secondary N) is 2. The highest BCUT2D eigenvalue weighted by Gasteiger charge is 2.31. The van der Waals surface area contributed by atoms with E-state index in [4.69, 9.17) is 17.0 Å². The predicted molar refractivity (Wildman–Crippen MR) is 115 cm³/mol. The van der Waals surface area contributed by atoms with E-state index < -0.39 is 12.3 Å². The highest BCUT2D eigenvalue weighted by Crippen LogP contribution is 2.37. The molecule has 0 radical (unpaired) electrons. The molecule has 0 amide bonds. The van der Waals surface area contributed by atoms with Gasteiger partial charge in [0, 0.05) is 10.6 Å². The van der Waals surface area contributed by atoms with E-state index in [1.165, 1.54) is 49.1 Å². The number of methoxy groups -OCH3 is 1. The number of thiocarbonyl (C=S) groups is 1. The first kappa shape index (κ1) is 22.4. The summed E-state index contributed by atoms with van der Waals surface area (Å²) in [7, 11) is 1.35. The summed E-state index contributed by atoms with van der Waals surface area (Å²) in [6, 6.07) is 5.22. The first-order valence-corrected chi connectivity index (χ1v) is 10.7. The van der Waals surface area contributed by atoms with Gasteiger partial charge in [0.1, 0.15) is 10.8 Å². The van der Waals surface area contributed by atoms with Gasteiger partial charge in [-0.3, -0.25) is 0 Å². The second-order valence-corrected chi connectivity index (χ2v) is 8.28. The molecule has 30 heavy (non-hydrogen) atoms. The molecule has 2 aromatic rings. The molecule has 0 atom stereocenters. The number of carbonyl (C=O) groups is 1. The van der Waals surface area contributed by atoms with Gasteiger partial charge in [0.2, 0.25) is 0 Å². The third-order valence-electron chi connectivity index (χ3n) is 4.63. The van der Waals surface area contributed by atoms with Crippen LogP contribution in [0.15, 0.2) is 24.3 Å². The van der Waals surface area contributed by atoms with Gasteiger partial charge in [-0.2, -0.15) is 0 Å². The number of carbonyl (C=O) groups excluding carboxylic acids is 1. The van der Waals surface area contributed by atoms with Crippen LogP contribution in [0.5, 0.6) is 5.75 Å². The first-order chi connectivity index (χ1) is 14.3. The number of thiophene rings is 1. The number of rotatable bonds is 4. The summed E-state index contributed by atoms with van der Waals surface area (Å²) in [5, 5.41) is 6.79. The molecular weight excluding hydrogens is 437 g/mol. The summed E-state index contributed by atoms with van der Waals surface area (Å²) in [6.45, 7) is 0. The number of anilines is 2. The van der Waals surface area contributed by atoms with Crippen molar-refractivity contribution in [3.05, 3.63) is 40.3 Å². The van der Waals surface area contributed by atoms with Crippen molar-refractivity contribution < 1.29 is 27.4 Å². The molecule has 0 saturated carbocycles. The van der Waals surface area contributed by atoms with Crippen molar-refractivity contribution >= 4 is 45.3 Å². The van der Waals surface area contributed by atoms with Gasteiger partial charge >= 0.3 is 12.3 Å². The number of hydrogen-bond acceptors (Lipinski definition) is 5. The Kier molecular flexibility index (Phi) is 7.19. The molecule has 1 aromatic carbocycles. The molecule has 10 heteroatoms. The SMILES string of the molecule is COC(=O)c1c(NC(=S)Nc2ccc(OC(F)(F)F)cc2)sc2c1CCCCCC2. The van der Waals surface area contributed by atoms with Crippen molar-refractivity contribution in [2.75, 3.05) is 17.7 Å². The molecule has 0 unspecified atom stereocenters. The van der Waals surface area contributed by atoms with E-state index in [2.05, 4.69) is 15.4 Å². The van der Waals surface area contributed by atoms with Gasteiger partial charge < -0.3 is 20.1 Å². The lowest BCUT2D eigenvalue weighted by Crippen LogP contribution is -2.20. The van der Waals surface area contributed by atoms with Gasteiger partial charge in [-0.05, 0) is 67.7 Å². The molecule has 1 aromatic heterocycles. The van der Waals surface area contributed by atoms with E-state index >= 15 is 0 Å². The number of aryl methyl sites for hydroxylation is 1. The fraction of sp³-hybridized carbons (Fsp3) is 0.400. The molecule has 0 aliphatic heterocycles. The normalized spacial score (nSPS) is 14.1. The second-order valence-electron chi connectivity index (χ2n) is 6.77. The summed E-state index contributed by atoms with van der Waals surface area (Å²) < 4.78 is 45.6. The van der Waals surface area contributed by atoms with Crippen LogP contribution in [-0.4, -0.2) is 24.6 Å². The lowest BCUT2D eigenvalue weighted by Gasteiger charge is -2.13. The second kappa shape index (κ2) is 9.65. The lowest BCUT2D eigenvalue weighted by molar-refractivity contribution is -0.274. The fourth-order valence-corrected chi connectivity index (χ4v) is 4.90. The maximum atomic E-state index is 12.4. The number of ether oxygens (including phenoxy) is 2. The Bertz CT molecular complexity index is 911. The number of fused-ring (bicyclic) bond motifs is 1. The number of alkyl halides is 3. The van der Waals surface area contributed by atoms with Crippen molar-refractivity contribution in [1.82, 2.24) is 0 Å². The van der Waals surface area contributed by atoms with Gasteiger partial charge in [0.15, 0.2) is 5.11 Å². The molecule has 1 aliphatic carbocycles. The number of hydrogen-bond donors (Lipinski definition) is 2. The Labute approximate surface area is 181 Å². The topological polar surface area (TPSA) is 59.6 Å². The van der Waals surface area contributed by atoms with Crippen LogP contribution in [-0.2, 0) is 17.6 Å². The van der Waals surface area contributed by atoms with Gasteiger partial charge in [-0.15, -0.1) is 24.5 Å². The maximum absolute atomic E-state index is 12.4. The summed E-state index contributed by atoms with van der Waals surface area (Å²) in [5.74, 6) is -0.731. The van der Waals surface area contributed by atoms with Crippen LogP contribution in [0.3, 0.4) is 0 Å². The minimum absolute atomic E-state index is 0.221. The van der Waals surface area contributed by atoms with E-state index in [9.17, 15) is 18.0 Å². The van der Waals surface area contributed by atoms with E-state index in [-0.39, 0.29) is 10.9 Å². The maximum Gasteiger partial charge on any atom is 0.573 e. The summed E-state index contributed by atoms with van der Waals surface area (Å²) in [6.07, 6.45) is 1.37. The number of benzene rings is 1. The largest absolute Gasteiger partial charge is 0.573 e. The minimum atomic E-state index is -4.74. The van der Waals surface area contributed by atoms with E-state index in [0.717, 1.165) is 42.5 Å². The third-order valence-corrected chi connectivity index (χ3v) is 6.05. The van der Waals surface area contributed by atoms with Crippen LogP contribution in [0.4, 0.5) is 23.9 Å². The highest BCUT2D eigenvalue weighted by atomic mass is 32.1. The van der Waals surface area contributed by atoms with Gasteiger partial charge in [-0.1, -0.05) is 12.8 Å². The van der Waals surface area contributed by atoms with Crippen LogP contribution in [0, 0.1) is 0 Å². The van der Waals surface area contributed by atoms with Crippen LogP contribution in [0.25, 0.3) is 0 Å². The molecule has 0 spiro atoms. The first-order valence-electron chi connectivity index (χ1n) is 9.43. The predicted octanol–water partition coefficient (Wildman–Crippen LogP) is 5.90. The Balaban J connectivity index is 1.74. The average molecular weight is 459 g/mol. The zero-order valence-electron chi connectivity index (χ0n) is 16.2. The summed E-state index contributed by atoms with van der Waals surface area (Å²) in [5.41, 5.74) is 2.01. The van der Waals surface area contributed by atoms with Crippen molar-refractivity contribution in [1.29, 1.82) is 0 Å². The van der Waals surface area contributed by atoms with Crippen molar-refractivity contribution in [2.24, 2.45) is 0 Å². The quantitative estimate of drug-likeness (QED) is 0.439. The molecule has 3 rings (SSSR count). The Morgan fingerprint density at radius 2 is 1.73 bits per heavy atom. The average Bonchev–Trinajstić information content (AvgIpc) is 2.97. The molecule has 0 bridgehead atoms. The standard InChI is InChI=1S/C20H21F3N2O3S2/c1-27-18(26)16-14-6-4-2-3-5-7-15(14)30-17(16)25-19(29)24-12-8-10-13(11-9-12)28-20(21,22)23/h8-11H,2-7H2,1H3,(H2,24,25,29). The van der Waals surface area contributed by atoms with Gasteiger partial charge in [0.05, 0.1) is 12.7 Å².